The lowest BCUT2D eigenvalue weighted by Crippen LogP contribution is -2.14. The van der Waals surface area contributed by atoms with Crippen LogP contribution in [0, 0.1) is 6.92 Å². The van der Waals surface area contributed by atoms with Gasteiger partial charge < -0.3 is 0 Å². The summed E-state index contributed by atoms with van der Waals surface area (Å²) in [6.07, 6.45) is 0. The molecule has 2 aromatic carbocycles. The van der Waals surface area contributed by atoms with E-state index >= 15 is 0 Å². The molecular weight excluding hydrogens is 290 g/mol. The van der Waals surface area contributed by atoms with Gasteiger partial charge in [-0.15, -0.1) is 11.3 Å². The number of hydrogen-bond donors (Lipinski definition) is 1. The number of fused-ring (bicyclic) bond motifs is 1. The number of sulfonamides is 1. The first-order chi connectivity index (χ1) is 9.56. The van der Waals surface area contributed by atoms with Crippen molar-refractivity contribution < 1.29 is 8.42 Å². The van der Waals surface area contributed by atoms with Gasteiger partial charge in [-0.2, -0.15) is 0 Å². The molecule has 0 atom stereocenters. The first-order valence-electron chi connectivity index (χ1n) is 6.12. The van der Waals surface area contributed by atoms with Crippen molar-refractivity contribution in [3.63, 3.8) is 0 Å². The number of thiophene rings is 1. The lowest BCUT2D eigenvalue weighted by Gasteiger charge is -2.10. The molecule has 0 spiro atoms. The zero-order chi connectivity index (χ0) is 14.2. The second-order valence-electron chi connectivity index (χ2n) is 4.54. The molecule has 3 rings (SSSR count). The Balaban J connectivity index is 1.99. The van der Waals surface area contributed by atoms with Crippen LogP contribution in [-0.2, 0) is 10.0 Å². The monoisotopic (exact) mass is 303 g/mol. The molecule has 0 amide bonds. The summed E-state index contributed by atoms with van der Waals surface area (Å²) in [5.41, 5.74) is 1.32. The molecule has 0 unspecified atom stereocenters. The third-order valence-corrected chi connectivity index (χ3v) is 5.53. The molecule has 0 saturated carbocycles. The maximum Gasteiger partial charge on any atom is 0.262 e. The van der Waals surface area contributed by atoms with Crippen molar-refractivity contribution in [3.8, 4) is 0 Å². The van der Waals surface area contributed by atoms with E-state index in [0.717, 1.165) is 15.6 Å². The summed E-state index contributed by atoms with van der Waals surface area (Å²) in [4.78, 5) is 0.311. The number of nitrogens with one attached hydrogen (secondary N) is 1. The molecule has 0 aliphatic rings. The summed E-state index contributed by atoms with van der Waals surface area (Å²) in [6, 6.07) is 14.5. The van der Waals surface area contributed by atoms with Gasteiger partial charge in [-0.25, -0.2) is 8.42 Å². The van der Waals surface area contributed by atoms with E-state index < -0.39 is 10.0 Å². The fourth-order valence-electron chi connectivity index (χ4n) is 2.10. The number of aryl methyl sites for hydroxylation is 1. The Morgan fingerprint density at radius 2 is 1.85 bits per heavy atom. The lowest BCUT2D eigenvalue weighted by atomic mass is 10.2. The largest absolute Gasteiger partial charge is 0.280 e. The molecule has 20 heavy (non-hydrogen) atoms. The Morgan fingerprint density at radius 3 is 2.65 bits per heavy atom. The minimum atomic E-state index is -3.54. The van der Waals surface area contributed by atoms with Crippen LogP contribution in [0.3, 0.4) is 0 Å². The summed E-state index contributed by atoms with van der Waals surface area (Å²) < 4.78 is 28.6. The number of rotatable bonds is 3. The van der Waals surface area contributed by atoms with Gasteiger partial charge in [-0.3, -0.25) is 4.72 Å². The minimum Gasteiger partial charge on any atom is -0.280 e. The summed E-state index contributed by atoms with van der Waals surface area (Å²) in [7, 11) is -3.54. The van der Waals surface area contributed by atoms with Crippen LogP contribution in [0.5, 0.6) is 0 Å². The lowest BCUT2D eigenvalue weighted by molar-refractivity contribution is 0.600. The molecule has 0 radical (unpaired) electrons. The highest BCUT2D eigenvalue weighted by Gasteiger charge is 2.16. The highest BCUT2D eigenvalue weighted by Crippen LogP contribution is 2.26. The van der Waals surface area contributed by atoms with Gasteiger partial charge in [-0.05, 0) is 53.6 Å². The number of anilines is 1. The SMILES string of the molecule is Cc1ccccc1S(=O)(=O)Nc1ccc2sccc2c1. The highest BCUT2D eigenvalue weighted by atomic mass is 32.2. The third-order valence-electron chi connectivity index (χ3n) is 3.09. The Bertz CT molecular complexity index is 866. The van der Waals surface area contributed by atoms with Crippen LogP contribution < -0.4 is 4.72 Å². The van der Waals surface area contributed by atoms with E-state index in [4.69, 9.17) is 0 Å². The molecule has 0 fully saturated rings. The first kappa shape index (κ1) is 13.1. The average molecular weight is 303 g/mol. The molecule has 1 aromatic heterocycles. The summed E-state index contributed by atoms with van der Waals surface area (Å²) >= 11 is 1.64. The predicted molar refractivity (Wildman–Crippen MR) is 83.8 cm³/mol. The zero-order valence-electron chi connectivity index (χ0n) is 10.8. The Morgan fingerprint density at radius 1 is 1.05 bits per heavy atom. The van der Waals surface area contributed by atoms with Gasteiger partial charge in [0.1, 0.15) is 0 Å². The molecule has 1 heterocycles. The van der Waals surface area contributed by atoms with Crippen LogP contribution in [0.2, 0.25) is 0 Å². The van der Waals surface area contributed by atoms with E-state index in [1.54, 1.807) is 42.5 Å². The van der Waals surface area contributed by atoms with Gasteiger partial charge in [0.2, 0.25) is 0 Å². The maximum absolute atomic E-state index is 12.4. The molecule has 5 heteroatoms. The van der Waals surface area contributed by atoms with Crippen molar-refractivity contribution in [1.29, 1.82) is 0 Å². The van der Waals surface area contributed by atoms with Crippen LogP contribution in [0.25, 0.3) is 10.1 Å². The molecule has 0 saturated heterocycles. The van der Waals surface area contributed by atoms with Crippen molar-refractivity contribution in [2.45, 2.75) is 11.8 Å². The summed E-state index contributed by atoms with van der Waals surface area (Å²) in [5, 5.41) is 3.03. The van der Waals surface area contributed by atoms with Crippen LogP contribution in [-0.4, -0.2) is 8.42 Å². The van der Waals surface area contributed by atoms with Gasteiger partial charge in [0.25, 0.3) is 10.0 Å². The number of hydrogen-bond acceptors (Lipinski definition) is 3. The van der Waals surface area contributed by atoms with Crippen LogP contribution in [0.4, 0.5) is 5.69 Å². The Kier molecular flexibility index (Phi) is 3.23. The van der Waals surface area contributed by atoms with E-state index in [9.17, 15) is 8.42 Å². The second kappa shape index (κ2) is 4.92. The van der Waals surface area contributed by atoms with Crippen LogP contribution in [0.1, 0.15) is 5.56 Å². The van der Waals surface area contributed by atoms with Crippen molar-refractivity contribution in [2.24, 2.45) is 0 Å². The van der Waals surface area contributed by atoms with Gasteiger partial charge >= 0.3 is 0 Å². The summed E-state index contributed by atoms with van der Waals surface area (Å²) in [5.74, 6) is 0. The van der Waals surface area contributed by atoms with Gasteiger partial charge in [0, 0.05) is 10.4 Å². The van der Waals surface area contributed by atoms with Crippen LogP contribution in [0.15, 0.2) is 58.8 Å². The minimum absolute atomic E-state index is 0.311. The quantitative estimate of drug-likeness (QED) is 0.794. The standard InChI is InChI=1S/C15H13NO2S2/c1-11-4-2-3-5-15(11)20(17,18)16-13-6-7-14-12(10-13)8-9-19-14/h2-10,16H,1H3. The Hall–Kier alpha value is -1.85. The number of benzene rings is 2. The first-order valence-corrected chi connectivity index (χ1v) is 8.48. The summed E-state index contributed by atoms with van der Waals surface area (Å²) in [6.45, 7) is 1.79. The zero-order valence-corrected chi connectivity index (χ0v) is 12.5. The van der Waals surface area contributed by atoms with Crippen LogP contribution >= 0.6 is 11.3 Å². The normalized spacial score (nSPS) is 11.7. The highest BCUT2D eigenvalue weighted by molar-refractivity contribution is 7.92. The predicted octanol–water partition coefficient (Wildman–Crippen LogP) is 4.01. The van der Waals surface area contributed by atoms with E-state index in [-0.39, 0.29) is 0 Å². The topological polar surface area (TPSA) is 46.2 Å². The van der Waals surface area contributed by atoms with Gasteiger partial charge in [-0.1, -0.05) is 18.2 Å². The molecule has 102 valence electrons. The fourth-order valence-corrected chi connectivity index (χ4v) is 4.17. The molecular formula is C15H13NO2S2. The van der Waals surface area contributed by atoms with Crippen molar-refractivity contribution in [3.05, 3.63) is 59.5 Å². The smallest absolute Gasteiger partial charge is 0.262 e. The van der Waals surface area contributed by atoms with E-state index in [1.165, 1.54) is 0 Å². The van der Waals surface area contributed by atoms with Gasteiger partial charge in [0.05, 0.1) is 4.90 Å². The second-order valence-corrected chi connectivity index (χ2v) is 7.14. The van der Waals surface area contributed by atoms with Crippen molar-refractivity contribution in [2.75, 3.05) is 4.72 Å². The fraction of sp³-hybridized carbons (Fsp3) is 0.0667. The molecule has 3 aromatic rings. The van der Waals surface area contributed by atoms with Crippen molar-refractivity contribution >= 4 is 37.1 Å². The molecule has 1 N–H and O–H groups in total. The third kappa shape index (κ3) is 2.42. The van der Waals surface area contributed by atoms with E-state index in [2.05, 4.69) is 4.72 Å². The van der Waals surface area contributed by atoms with E-state index in [0.29, 0.717) is 10.6 Å². The maximum atomic E-state index is 12.4. The van der Waals surface area contributed by atoms with E-state index in [1.807, 2.05) is 29.6 Å². The molecule has 0 aliphatic heterocycles. The van der Waals surface area contributed by atoms with Crippen molar-refractivity contribution in [1.82, 2.24) is 0 Å². The average Bonchev–Trinajstić information content (AvgIpc) is 2.86. The Labute approximate surface area is 121 Å². The molecule has 3 nitrogen and oxygen atoms in total. The molecule has 0 bridgehead atoms. The molecule has 0 aliphatic carbocycles. The van der Waals surface area contributed by atoms with Gasteiger partial charge in [0.15, 0.2) is 0 Å².